The molecule has 2 unspecified atom stereocenters. The molecule has 1 aliphatic rings. The fourth-order valence-corrected chi connectivity index (χ4v) is 1.74. The summed E-state index contributed by atoms with van der Waals surface area (Å²) in [5, 5.41) is 9.30. The molecule has 15 heavy (non-hydrogen) atoms. The summed E-state index contributed by atoms with van der Waals surface area (Å²) in [6.45, 7) is 7.30. The minimum absolute atomic E-state index is 0.0420. The zero-order valence-electron chi connectivity index (χ0n) is 9.52. The zero-order chi connectivity index (χ0) is 11.1. The van der Waals surface area contributed by atoms with Gasteiger partial charge in [0.15, 0.2) is 6.29 Å². The predicted octanol–water partition coefficient (Wildman–Crippen LogP) is 2.10. The van der Waals surface area contributed by atoms with Crippen LogP contribution in [0.5, 0.6) is 0 Å². The van der Waals surface area contributed by atoms with Crippen LogP contribution in [-0.2, 0) is 9.47 Å². The molecular formula is C12H22O3. The van der Waals surface area contributed by atoms with Crippen LogP contribution < -0.4 is 0 Å². The maximum Gasteiger partial charge on any atom is 0.160 e. The van der Waals surface area contributed by atoms with Gasteiger partial charge in [0.05, 0.1) is 19.3 Å². The molecule has 2 atom stereocenters. The molecular weight excluding hydrogens is 192 g/mol. The summed E-state index contributed by atoms with van der Waals surface area (Å²) < 4.78 is 11.0. The Balaban J connectivity index is 2.11. The van der Waals surface area contributed by atoms with Crippen molar-refractivity contribution in [2.45, 2.75) is 45.0 Å². The predicted molar refractivity (Wildman–Crippen MR) is 59.5 cm³/mol. The highest BCUT2D eigenvalue weighted by molar-refractivity contribution is 4.77. The molecule has 3 nitrogen and oxygen atoms in total. The van der Waals surface area contributed by atoms with Gasteiger partial charge in [0, 0.05) is 5.92 Å². The number of rotatable bonds is 6. The van der Waals surface area contributed by atoms with E-state index in [0.29, 0.717) is 5.92 Å². The van der Waals surface area contributed by atoms with E-state index >= 15 is 0 Å². The van der Waals surface area contributed by atoms with Gasteiger partial charge in [0.1, 0.15) is 0 Å². The Labute approximate surface area is 92.1 Å². The molecule has 0 spiro atoms. The van der Waals surface area contributed by atoms with E-state index in [4.69, 9.17) is 9.47 Å². The van der Waals surface area contributed by atoms with E-state index < -0.39 is 0 Å². The molecule has 0 aromatic carbocycles. The van der Waals surface area contributed by atoms with Crippen LogP contribution in [0.2, 0.25) is 0 Å². The minimum atomic E-state index is -0.370. The van der Waals surface area contributed by atoms with Crippen LogP contribution >= 0.6 is 0 Å². The topological polar surface area (TPSA) is 38.7 Å². The van der Waals surface area contributed by atoms with Crippen molar-refractivity contribution in [3.05, 3.63) is 12.7 Å². The van der Waals surface area contributed by atoms with E-state index in [1.807, 2.05) is 0 Å². The molecule has 0 aliphatic carbocycles. The first-order valence-electron chi connectivity index (χ1n) is 5.78. The molecule has 1 fully saturated rings. The fourth-order valence-electron chi connectivity index (χ4n) is 1.74. The summed E-state index contributed by atoms with van der Waals surface area (Å²) in [5.74, 6) is 0.405. The van der Waals surface area contributed by atoms with Crippen molar-refractivity contribution < 1.29 is 14.6 Å². The van der Waals surface area contributed by atoms with Crippen molar-refractivity contribution in [2.24, 2.45) is 5.92 Å². The highest BCUT2D eigenvalue weighted by atomic mass is 16.7. The first kappa shape index (κ1) is 12.7. The summed E-state index contributed by atoms with van der Waals surface area (Å²) >= 11 is 0. The number of aliphatic hydroxyl groups is 1. The average Bonchev–Trinajstić information content (AvgIpc) is 2.29. The van der Waals surface area contributed by atoms with Gasteiger partial charge in [0.2, 0.25) is 0 Å². The Morgan fingerprint density at radius 2 is 2.07 bits per heavy atom. The molecule has 1 aliphatic heterocycles. The lowest BCUT2D eigenvalue weighted by atomic mass is 10.0. The van der Waals surface area contributed by atoms with Crippen molar-refractivity contribution in [3.63, 3.8) is 0 Å². The van der Waals surface area contributed by atoms with E-state index in [1.165, 1.54) is 0 Å². The van der Waals surface area contributed by atoms with E-state index in [9.17, 15) is 5.11 Å². The Morgan fingerprint density at radius 1 is 1.40 bits per heavy atom. The van der Waals surface area contributed by atoms with Gasteiger partial charge in [-0.05, 0) is 19.3 Å². The molecule has 88 valence electrons. The number of ether oxygens (including phenoxy) is 2. The van der Waals surface area contributed by atoms with Crippen molar-refractivity contribution >= 4 is 0 Å². The quantitative estimate of drug-likeness (QED) is 0.688. The molecule has 0 aromatic rings. The molecule has 1 rings (SSSR count). The van der Waals surface area contributed by atoms with Gasteiger partial charge in [0.25, 0.3) is 0 Å². The highest BCUT2D eigenvalue weighted by Gasteiger charge is 2.21. The maximum absolute atomic E-state index is 9.30. The maximum atomic E-state index is 9.30. The molecule has 1 saturated heterocycles. The smallest absolute Gasteiger partial charge is 0.160 e. The molecule has 0 amide bonds. The van der Waals surface area contributed by atoms with E-state index in [0.717, 1.165) is 38.9 Å². The van der Waals surface area contributed by atoms with Gasteiger partial charge in [-0.15, -0.1) is 6.58 Å². The SMILES string of the molecule is C=CC(O)CCCC(C)C1OCCCO1. The largest absolute Gasteiger partial charge is 0.389 e. The Hall–Kier alpha value is -0.380. The summed E-state index contributed by atoms with van der Waals surface area (Å²) in [5.41, 5.74) is 0. The normalized spacial score (nSPS) is 22.3. The van der Waals surface area contributed by atoms with Crippen molar-refractivity contribution in [1.29, 1.82) is 0 Å². The third kappa shape index (κ3) is 4.78. The Bertz CT molecular complexity index is 176. The second kappa shape index (κ2) is 6.99. The first-order valence-corrected chi connectivity index (χ1v) is 5.78. The van der Waals surface area contributed by atoms with Gasteiger partial charge in [-0.3, -0.25) is 0 Å². The molecule has 0 aromatic heterocycles. The van der Waals surface area contributed by atoms with Crippen LogP contribution in [-0.4, -0.2) is 30.7 Å². The van der Waals surface area contributed by atoms with Crippen LogP contribution in [0.3, 0.4) is 0 Å². The van der Waals surface area contributed by atoms with E-state index in [-0.39, 0.29) is 12.4 Å². The zero-order valence-corrected chi connectivity index (χ0v) is 9.52. The van der Waals surface area contributed by atoms with Crippen molar-refractivity contribution in [3.8, 4) is 0 Å². The molecule has 3 heteroatoms. The lowest BCUT2D eigenvalue weighted by Gasteiger charge is -2.28. The summed E-state index contributed by atoms with van der Waals surface area (Å²) in [4.78, 5) is 0. The number of aliphatic hydroxyl groups excluding tert-OH is 1. The van der Waals surface area contributed by atoms with Crippen LogP contribution in [0.4, 0.5) is 0 Å². The summed E-state index contributed by atoms with van der Waals surface area (Å²) in [6.07, 6.45) is 4.95. The molecule has 0 radical (unpaired) electrons. The lowest BCUT2D eigenvalue weighted by molar-refractivity contribution is -0.203. The standard InChI is InChI=1S/C12H22O3/c1-3-11(13)7-4-6-10(2)12-14-8-5-9-15-12/h3,10-13H,1,4-9H2,2H3. The average molecular weight is 214 g/mol. The van der Waals surface area contributed by atoms with Crippen LogP contribution in [0.15, 0.2) is 12.7 Å². The minimum Gasteiger partial charge on any atom is -0.389 e. The van der Waals surface area contributed by atoms with Crippen LogP contribution in [0.25, 0.3) is 0 Å². The van der Waals surface area contributed by atoms with Crippen molar-refractivity contribution in [1.82, 2.24) is 0 Å². The molecule has 0 saturated carbocycles. The fraction of sp³-hybridized carbons (Fsp3) is 0.833. The number of hydrogen-bond acceptors (Lipinski definition) is 3. The second-order valence-electron chi connectivity index (χ2n) is 4.17. The summed E-state index contributed by atoms with van der Waals surface area (Å²) in [7, 11) is 0. The Kier molecular flexibility index (Phi) is 5.91. The van der Waals surface area contributed by atoms with Gasteiger partial charge < -0.3 is 14.6 Å². The highest BCUT2D eigenvalue weighted by Crippen LogP contribution is 2.20. The van der Waals surface area contributed by atoms with Gasteiger partial charge in [-0.1, -0.05) is 19.4 Å². The first-order chi connectivity index (χ1) is 7.24. The summed E-state index contributed by atoms with van der Waals surface area (Å²) in [6, 6.07) is 0. The third-order valence-corrected chi connectivity index (χ3v) is 2.75. The molecule has 1 N–H and O–H groups in total. The third-order valence-electron chi connectivity index (χ3n) is 2.75. The van der Waals surface area contributed by atoms with E-state index in [1.54, 1.807) is 6.08 Å². The van der Waals surface area contributed by atoms with Gasteiger partial charge in [-0.2, -0.15) is 0 Å². The number of hydrogen-bond donors (Lipinski definition) is 1. The van der Waals surface area contributed by atoms with E-state index in [2.05, 4.69) is 13.5 Å². The molecule has 0 bridgehead atoms. The second-order valence-corrected chi connectivity index (χ2v) is 4.17. The van der Waals surface area contributed by atoms with Crippen molar-refractivity contribution in [2.75, 3.05) is 13.2 Å². The molecule has 1 heterocycles. The van der Waals surface area contributed by atoms with Gasteiger partial charge in [-0.25, -0.2) is 0 Å². The monoisotopic (exact) mass is 214 g/mol. The Morgan fingerprint density at radius 3 is 2.67 bits per heavy atom. The van der Waals surface area contributed by atoms with Crippen LogP contribution in [0, 0.1) is 5.92 Å². The van der Waals surface area contributed by atoms with Gasteiger partial charge >= 0.3 is 0 Å². The lowest BCUT2D eigenvalue weighted by Crippen LogP contribution is -2.30. The van der Waals surface area contributed by atoms with Crippen LogP contribution in [0.1, 0.15) is 32.6 Å².